The van der Waals surface area contributed by atoms with Crippen molar-refractivity contribution in [3.8, 4) is 0 Å². The number of rotatable bonds is 4. The van der Waals surface area contributed by atoms with Crippen LogP contribution in [0, 0.1) is 0 Å². The Morgan fingerprint density at radius 2 is 1.88 bits per heavy atom. The lowest BCUT2D eigenvalue weighted by Gasteiger charge is -2.23. The second-order valence-electron chi connectivity index (χ2n) is 5.38. The fraction of sp³-hybridized carbons (Fsp3) is 1.00. The Bertz CT molecular complexity index is 289. The highest BCUT2D eigenvalue weighted by Gasteiger charge is 2.55. The van der Waals surface area contributed by atoms with Gasteiger partial charge in [-0.15, -0.1) is 0 Å². The minimum absolute atomic E-state index is 0.0892. The lowest BCUT2D eigenvalue weighted by molar-refractivity contribution is -0.232. The molecule has 2 heterocycles. The van der Waals surface area contributed by atoms with Gasteiger partial charge in [0.15, 0.2) is 12.1 Å². The van der Waals surface area contributed by atoms with E-state index in [1.807, 2.05) is 13.8 Å². The highest BCUT2D eigenvalue weighted by molar-refractivity contribution is 4.95. The average molecular weight is 244 g/mol. The van der Waals surface area contributed by atoms with Gasteiger partial charge in [0.05, 0.1) is 12.7 Å². The molecular weight excluding hydrogens is 224 g/mol. The van der Waals surface area contributed by atoms with Gasteiger partial charge in [-0.1, -0.05) is 0 Å². The van der Waals surface area contributed by atoms with Gasteiger partial charge in [0.1, 0.15) is 18.3 Å². The molecule has 2 aliphatic heterocycles. The van der Waals surface area contributed by atoms with Crippen LogP contribution in [-0.2, 0) is 23.7 Å². The van der Waals surface area contributed by atoms with Gasteiger partial charge in [-0.3, -0.25) is 0 Å². The molecular formula is C12H20O5. The first-order valence-corrected chi connectivity index (χ1v) is 6.24. The number of hydrogen-bond acceptors (Lipinski definition) is 5. The molecule has 1 saturated carbocycles. The van der Waals surface area contributed by atoms with Crippen LogP contribution in [-0.4, -0.2) is 50.2 Å². The van der Waals surface area contributed by atoms with Crippen molar-refractivity contribution in [1.29, 1.82) is 0 Å². The molecule has 0 radical (unpaired) electrons. The number of fused-ring (bicyclic) bond motifs is 1. The van der Waals surface area contributed by atoms with Crippen LogP contribution in [0.3, 0.4) is 0 Å². The zero-order valence-corrected chi connectivity index (χ0v) is 10.5. The van der Waals surface area contributed by atoms with E-state index < -0.39 is 5.79 Å². The predicted octanol–water partition coefficient (Wildman–Crippen LogP) is 1.06. The molecule has 0 aromatic carbocycles. The SMILES string of the molecule is CO[C@@H]1O[C@H](COC2CC2)[C@H]2OC(C)(C)O[C@@H]12. The maximum atomic E-state index is 5.86. The van der Waals surface area contributed by atoms with E-state index in [0.29, 0.717) is 12.7 Å². The normalized spacial score (nSPS) is 43.9. The van der Waals surface area contributed by atoms with Gasteiger partial charge in [-0.25, -0.2) is 0 Å². The van der Waals surface area contributed by atoms with E-state index in [4.69, 9.17) is 23.7 Å². The molecule has 3 fully saturated rings. The first-order valence-electron chi connectivity index (χ1n) is 6.24. The van der Waals surface area contributed by atoms with E-state index in [9.17, 15) is 0 Å². The van der Waals surface area contributed by atoms with Crippen LogP contribution in [0.1, 0.15) is 26.7 Å². The van der Waals surface area contributed by atoms with Crippen molar-refractivity contribution in [2.45, 2.75) is 63.2 Å². The Hall–Kier alpha value is -0.200. The summed E-state index contributed by atoms with van der Waals surface area (Å²) in [5.74, 6) is -0.562. The maximum Gasteiger partial charge on any atom is 0.186 e. The first kappa shape index (κ1) is 11.9. The quantitative estimate of drug-likeness (QED) is 0.740. The Morgan fingerprint density at radius 1 is 1.18 bits per heavy atom. The molecule has 5 nitrogen and oxygen atoms in total. The molecule has 1 aliphatic carbocycles. The summed E-state index contributed by atoms with van der Waals surface area (Å²) in [5, 5.41) is 0. The molecule has 3 rings (SSSR count). The molecule has 0 spiro atoms. The third-order valence-electron chi connectivity index (χ3n) is 3.36. The highest BCUT2D eigenvalue weighted by Crippen LogP contribution is 2.39. The molecule has 0 bridgehead atoms. The molecule has 0 unspecified atom stereocenters. The summed E-state index contributed by atoms with van der Waals surface area (Å²) in [6.07, 6.45) is 2.07. The summed E-state index contributed by atoms with van der Waals surface area (Å²) in [6, 6.07) is 0. The van der Waals surface area contributed by atoms with E-state index in [1.54, 1.807) is 7.11 Å². The van der Waals surface area contributed by atoms with Crippen LogP contribution in [0.25, 0.3) is 0 Å². The minimum atomic E-state index is -0.562. The van der Waals surface area contributed by atoms with Gasteiger partial charge < -0.3 is 23.7 Å². The van der Waals surface area contributed by atoms with Crippen LogP contribution in [0.4, 0.5) is 0 Å². The van der Waals surface area contributed by atoms with Gasteiger partial charge in [0.25, 0.3) is 0 Å². The van der Waals surface area contributed by atoms with Crippen molar-refractivity contribution in [1.82, 2.24) is 0 Å². The smallest absolute Gasteiger partial charge is 0.186 e. The Kier molecular flexibility index (Phi) is 2.91. The Morgan fingerprint density at radius 3 is 2.53 bits per heavy atom. The summed E-state index contributed by atoms with van der Waals surface area (Å²) >= 11 is 0. The third-order valence-corrected chi connectivity index (χ3v) is 3.36. The number of methoxy groups -OCH3 is 1. The zero-order chi connectivity index (χ0) is 12.0. The molecule has 3 aliphatic rings. The number of ether oxygens (including phenoxy) is 5. The molecule has 0 amide bonds. The molecule has 0 aromatic rings. The van der Waals surface area contributed by atoms with E-state index in [2.05, 4.69) is 0 Å². The van der Waals surface area contributed by atoms with Crippen LogP contribution < -0.4 is 0 Å². The van der Waals surface area contributed by atoms with Crippen LogP contribution >= 0.6 is 0 Å². The van der Waals surface area contributed by atoms with E-state index in [0.717, 1.165) is 12.8 Å². The fourth-order valence-electron chi connectivity index (χ4n) is 2.43. The van der Waals surface area contributed by atoms with Gasteiger partial charge >= 0.3 is 0 Å². The van der Waals surface area contributed by atoms with Gasteiger partial charge in [0.2, 0.25) is 0 Å². The maximum absolute atomic E-state index is 5.86. The van der Waals surface area contributed by atoms with Crippen molar-refractivity contribution in [3.05, 3.63) is 0 Å². The second kappa shape index (κ2) is 4.17. The van der Waals surface area contributed by atoms with Crippen LogP contribution in [0.5, 0.6) is 0 Å². The predicted molar refractivity (Wildman–Crippen MR) is 58.5 cm³/mol. The van der Waals surface area contributed by atoms with Crippen molar-refractivity contribution >= 4 is 0 Å². The first-order chi connectivity index (χ1) is 8.09. The third kappa shape index (κ3) is 2.35. The Labute approximate surface area is 101 Å². The summed E-state index contributed by atoms with van der Waals surface area (Å²) < 4.78 is 28.4. The zero-order valence-electron chi connectivity index (χ0n) is 10.5. The standard InChI is InChI=1S/C12H20O5/c1-12(2)16-9-8(6-14-7-4-5-7)15-11(13-3)10(9)17-12/h7-11H,4-6H2,1-3H3/t8-,9-,10-,11-/m1/s1. The van der Waals surface area contributed by atoms with Gasteiger partial charge in [-0.05, 0) is 26.7 Å². The van der Waals surface area contributed by atoms with E-state index >= 15 is 0 Å². The monoisotopic (exact) mass is 244 g/mol. The van der Waals surface area contributed by atoms with Gasteiger partial charge in [-0.2, -0.15) is 0 Å². The molecule has 0 aromatic heterocycles. The molecule has 4 atom stereocenters. The summed E-state index contributed by atoms with van der Waals surface area (Å²) in [4.78, 5) is 0. The topological polar surface area (TPSA) is 46.2 Å². The van der Waals surface area contributed by atoms with Crippen LogP contribution in [0.2, 0.25) is 0 Å². The number of hydrogen-bond donors (Lipinski definition) is 0. The molecule has 5 heteroatoms. The summed E-state index contributed by atoms with van der Waals surface area (Å²) in [6.45, 7) is 4.39. The lowest BCUT2D eigenvalue weighted by atomic mass is 10.1. The molecule has 98 valence electrons. The highest BCUT2D eigenvalue weighted by atomic mass is 16.8. The summed E-state index contributed by atoms with van der Waals surface area (Å²) in [5.41, 5.74) is 0. The Balaban J connectivity index is 1.64. The second-order valence-corrected chi connectivity index (χ2v) is 5.38. The minimum Gasteiger partial charge on any atom is -0.375 e. The lowest BCUT2D eigenvalue weighted by Crippen LogP contribution is -2.33. The largest absolute Gasteiger partial charge is 0.375 e. The van der Waals surface area contributed by atoms with Gasteiger partial charge in [0, 0.05) is 7.11 Å². The van der Waals surface area contributed by atoms with Crippen molar-refractivity contribution in [2.24, 2.45) is 0 Å². The van der Waals surface area contributed by atoms with Crippen molar-refractivity contribution in [3.63, 3.8) is 0 Å². The average Bonchev–Trinajstić information content (AvgIpc) is 2.96. The molecule has 0 N–H and O–H groups in total. The van der Waals surface area contributed by atoms with Crippen molar-refractivity contribution < 1.29 is 23.7 Å². The van der Waals surface area contributed by atoms with Crippen molar-refractivity contribution in [2.75, 3.05) is 13.7 Å². The van der Waals surface area contributed by atoms with E-state index in [1.165, 1.54) is 0 Å². The fourth-order valence-corrected chi connectivity index (χ4v) is 2.43. The van der Waals surface area contributed by atoms with Crippen LogP contribution in [0.15, 0.2) is 0 Å². The van der Waals surface area contributed by atoms with E-state index in [-0.39, 0.29) is 24.6 Å². The molecule has 2 saturated heterocycles. The molecule has 17 heavy (non-hydrogen) atoms. The summed E-state index contributed by atoms with van der Waals surface area (Å²) in [7, 11) is 1.63.